The molecule has 0 unspecified atom stereocenters. The fraction of sp³-hybridized carbons (Fsp3) is 0.333. The zero-order chi connectivity index (χ0) is 16.7. The van der Waals surface area contributed by atoms with Gasteiger partial charge in [0.05, 0.1) is 30.4 Å². The van der Waals surface area contributed by atoms with Gasteiger partial charge in [0.1, 0.15) is 5.75 Å². The molecule has 2 aromatic rings. The van der Waals surface area contributed by atoms with Gasteiger partial charge in [-0.15, -0.1) is 0 Å². The normalized spacial score (nSPS) is 11.7. The first kappa shape index (κ1) is 16.9. The van der Waals surface area contributed by atoms with Crippen LogP contribution in [0, 0.1) is 5.92 Å². The predicted octanol–water partition coefficient (Wildman–Crippen LogP) is 1.01. The molecule has 0 fully saturated rings. The minimum atomic E-state index is -0.497. The molecule has 1 heterocycles. The molecule has 0 saturated heterocycles. The van der Waals surface area contributed by atoms with Crippen molar-refractivity contribution >= 4 is 23.5 Å². The summed E-state index contributed by atoms with van der Waals surface area (Å²) in [5.41, 5.74) is 6.61. The van der Waals surface area contributed by atoms with Gasteiger partial charge in [0, 0.05) is 6.54 Å². The van der Waals surface area contributed by atoms with Crippen LogP contribution in [0.3, 0.4) is 0 Å². The standard InChI is InChI=1S/C15H18N4O3S/c1-2-22-12-5-3-10(4-6-12)7-11(14(16)20)8-17-15(21)13-9-18-23-19-13/h3-6,9,11H,2,7-8H2,1H3,(H2,16,20)(H,17,21)/t11-/m0/s1. The van der Waals surface area contributed by atoms with Gasteiger partial charge in [-0.3, -0.25) is 9.59 Å². The number of benzene rings is 1. The van der Waals surface area contributed by atoms with Gasteiger partial charge in [-0.2, -0.15) is 8.75 Å². The smallest absolute Gasteiger partial charge is 0.272 e. The lowest BCUT2D eigenvalue weighted by atomic mass is 9.98. The lowest BCUT2D eigenvalue weighted by molar-refractivity contribution is -0.121. The molecule has 0 radical (unpaired) electrons. The molecule has 1 aromatic carbocycles. The molecular weight excluding hydrogens is 316 g/mol. The molecule has 3 N–H and O–H groups in total. The fourth-order valence-corrected chi connectivity index (χ4v) is 2.43. The Morgan fingerprint density at radius 2 is 2.09 bits per heavy atom. The summed E-state index contributed by atoms with van der Waals surface area (Å²) in [4.78, 5) is 23.4. The zero-order valence-corrected chi connectivity index (χ0v) is 13.5. The Hall–Kier alpha value is -2.48. The van der Waals surface area contributed by atoms with Crippen molar-refractivity contribution in [2.75, 3.05) is 13.2 Å². The van der Waals surface area contributed by atoms with Crippen LogP contribution in [0.15, 0.2) is 30.5 Å². The molecule has 0 aliphatic carbocycles. The second-order valence-electron chi connectivity index (χ2n) is 4.88. The zero-order valence-electron chi connectivity index (χ0n) is 12.7. The predicted molar refractivity (Wildman–Crippen MR) is 86.2 cm³/mol. The van der Waals surface area contributed by atoms with Gasteiger partial charge in [-0.25, -0.2) is 0 Å². The quantitative estimate of drug-likeness (QED) is 0.749. The Labute approximate surface area is 138 Å². The van der Waals surface area contributed by atoms with E-state index in [9.17, 15) is 9.59 Å². The largest absolute Gasteiger partial charge is 0.494 e. The number of carbonyl (C=O) groups is 2. The van der Waals surface area contributed by atoms with Crippen LogP contribution >= 0.6 is 11.7 Å². The Morgan fingerprint density at radius 3 is 2.65 bits per heavy atom. The number of nitrogens with two attached hydrogens (primary N) is 1. The number of amides is 2. The average Bonchev–Trinajstić information content (AvgIpc) is 3.07. The van der Waals surface area contributed by atoms with Crippen LogP contribution in [0.25, 0.3) is 0 Å². The summed E-state index contributed by atoms with van der Waals surface area (Å²) in [7, 11) is 0. The van der Waals surface area contributed by atoms with E-state index in [-0.39, 0.29) is 18.1 Å². The highest BCUT2D eigenvalue weighted by Crippen LogP contribution is 2.15. The first-order valence-electron chi connectivity index (χ1n) is 7.17. The highest BCUT2D eigenvalue weighted by molar-refractivity contribution is 6.99. The molecule has 0 aliphatic heterocycles. The Morgan fingerprint density at radius 1 is 1.35 bits per heavy atom. The number of primary amides is 1. The Balaban J connectivity index is 1.93. The minimum Gasteiger partial charge on any atom is -0.494 e. The van der Waals surface area contributed by atoms with E-state index in [0.717, 1.165) is 23.0 Å². The molecule has 7 nitrogen and oxygen atoms in total. The van der Waals surface area contributed by atoms with Gasteiger partial charge in [0.2, 0.25) is 5.91 Å². The molecule has 23 heavy (non-hydrogen) atoms. The van der Waals surface area contributed by atoms with Gasteiger partial charge < -0.3 is 15.8 Å². The maximum atomic E-state index is 11.8. The van der Waals surface area contributed by atoms with Crippen molar-refractivity contribution < 1.29 is 14.3 Å². The topological polar surface area (TPSA) is 107 Å². The van der Waals surface area contributed by atoms with Crippen molar-refractivity contribution in [1.29, 1.82) is 0 Å². The number of nitrogens with one attached hydrogen (secondary N) is 1. The molecule has 0 aliphatic rings. The summed E-state index contributed by atoms with van der Waals surface area (Å²) in [5.74, 6) is -0.549. The van der Waals surface area contributed by atoms with E-state index in [1.54, 1.807) is 0 Å². The number of aromatic nitrogens is 2. The summed E-state index contributed by atoms with van der Waals surface area (Å²) < 4.78 is 13.0. The molecule has 2 rings (SSSR count). The van der Waals surface area contributed by atoms with E-state index in [0.29, 0.717) is 13.0 Å². The Bertz CT molecular complexity index is 643. The minimum absolute atomic E-state index is 0.152. The van der Waals surface area contributed by atoms with E-state index in [2.05, 4.69) is 14.1 Å². The first-order chi connectivity index (χ1) is 11.1. The Kier molecular flexibility index (Phi) is 6.04. The highest BCUT2D eigenvalue weighted by atomic mass is 32.1. The summed E-state index contributed by atoms with van der Waals surface area (Å²) in [6, 6.07) is 7.45. The molecule has 0 saturated carbocycles. The monoisotopic (exact) mass is 334 g/mol. The molecule has 1 aromatic heterocycles. The number of rotatable bonds is 8. The van der Waals surface area contributed by atoms with Gasteiger partial charge in [-0.1, -0.05) is 12.1 Å². The highest BCUT2D eigenvalue weighted by Gasteiger charge is 2.18. The van der Waals surface area contributed by atoms with Crippen molar-refractivity contribution in [2.24, 2.45) is 11.7 Å². The lowest BCUT2D eigenvalue weighted by Crippen LogP contribution is -2.37. The maximum absolute atomic E-state index is 11.8. The third-order valence-electron chi connectivity index (χ3n) is 3.22. The van der Waals surface area contributed by atoms with Crippen LogP contribution < -0.4 is 15.8 Å². The van der Waals surface area contributed by atoms with Crippen molar-refractivity contribution in [1.82, 2.24) is 14.1 Å². The van der Waals surface area contributed by atoms with Crippen molar-refractivity contribution in [3.05, 3.63) is 41.7 Å². The third-order valence-corrected chi connectivity index (χ3v) is 3.70. The van der Waals surface area contributed by atoms with E-state index >= 15 is 0 Å². The number of hydrogen-bond donors (Lipinski definition) is 2. The maximum Gasteiger partial charge on any atom is 0.272 e. The third kappa shape index (κ3) is 5.03. The first-order valence-corrected chi connectivity index (χ1v) is 7.90. The molecule has 0 spiro atoms. The number of hydrogen-bond acceptors (Lipinski definition) is 6. The second-order valence-corrected chi connectivity index (χ2v) is 5.44. The summed E-state index contributed by atoms with van der Waals surface area (Å²) in [6.07, 6.45) is 1.82. The van der Waals surface area contributed by atoms with Crippen molar-refractivity contribution in [3.63, 3.8) is 0 Å². The molecule has 1 atom stereocenters. The van der Waals surface area contributed by atoms with Crippen LogP contribution in [0.4, 0.5) is 0 Å². The summed E-state index contributed by atoms with van der Waals surface area (Å²) in [5, 5.41) is 2.66. The van der Waals surface area contributed by atoms with Gasteiger partial charge in [0.15, 0.2) is 5.69 Å². The number of nitrogens with zero attached hydrogens (tertiary/aromatic N) is 2. The van der Waals surface area contributed by atoms with Crippen LogP contribution in [-0.4, -0.2) is 33.7 Å². The summed E-state index contributed by atoms with van der Waals surface area (Å²) in [6.45, 7) is 2.66. The molecule has 0 bridgehead atoms. The van der Waals surface area contributed by atoms with Gasteiger partial charge in [-0.05, 0) is 31.0 Å². The fourth-order valence-electron chi connectivity index (χ4n) is 2.02. The van der Waals surface area contributed by atoms with E-state index < -0.39 is 11.8 Å². The van der Waals surface area contributed by atoms with Crippen LogP contribution in [0.5, 0.6) is 5.75 Å². The summed E-state index contributed by atoms with van der Waals surface area (Å²) >= 11 is 0.952. The van der Waals surface area contributed by atoms with Crippen molar-refractivity contribution in [3.8, 4) is 5.75 Å². The van der Waals surface area contributed by atoms with Gasteiger partial charge in [0.25, 0.3) is 5.91 Å². The van der Waals surface area contributed by atoms with Crippen LogP contribution in [0.1, 0.15) is 23.0 Å². The van der Waals surface area contributed by atoms with Gasteiger partial charge >= 0.3 is 0 Å². The molecule has 8 heteroatoms. The second kappa shape index (κ2) is 8.23. The average molecular weight is 334 g/mol. The number of ether oxygens (including phenoxy) is 1. The SMILES string of the molecule is CCOc1ccc(C[C@@H](CNC(=O)c2cnsn2)C(N)=O)cc1. The lowest BCUT2D eigenvalue weighted by Gasteiger charge is -2.14. The van der Waals surface area contributed by atoms with E-state index in [1.165, 1.54) is 6.20 Å². The van der Waals surface area contributed by atoms with Crippen LogP contribution in [0.2, 0.25) is 0 Å². The molecule has 122 valence electrons. The van der Waals surface area contributed by atoms with Crippen molar-refractivity contribution in [2.45, 2.75) is 13.3 Å². The van der Waals surface area contributed by atoms with Crippen LogP contribution in [-0.2, 0) is 11.2 Å². The molecular formula is C15H18N4O3S. The number of carbonyl (C=O) groups excluding carboxylic acids is 2. The van der Waals surface area contributed by atoms with E-state index in [4.69, 9.17) is 10.5 Å². The van der Waals surface area contributed by atoms with E-state index in [1.807, 2.05) is 31.2 Å². The molecule has 2 amide bonds.